The number of rotatable bonds is 4. The Balaban J connectivity index is 1.77. The van der Waals surface area contributed by atoms with Gasteiger partial charge in [0.2, 0.25) is 11.8 Å². The van der Waals surface area contributed by atoms with Gasteiger partial charge in [-0.25, -0.2) is 4.98 Å². The van der Waals surface area contributed by atoms with Gasteiger partial charge < -0.3 is 4.74 Å². The van der Waals surface area contributed by atoms with E-state index in [2.05, 4.69) is 10.1 Å². The molecule has 4 rings (SSSR count). The summed E-state index contributed by atoms with van der Waals surface area (Å²) in [6.07, 6.45) is 0.433. The van der Waals surface area contributed by atoms with E-state index >= 15 is 0 Å². The highest BCUT2D eigenvalue weighted by Gasteiger charge is 2.32. The highest BCUT2D eigenvalue weighted by Crippen LogP contribution is 2.39. The largest absolute Gasteiger partial charge is 0.497 e. The van der Waals surface area contributed by atoms with Crippen LogP contribution in [-0.4, -0.2) is 33.5 Å². The van der Waals surface area contributed by atoms with Gasteiger partial charge in [-0.15, -0.1) is 0 Å². The van der Waals surface area contributed by atoms with Crippen LogP contribution in [0.1, 0.15) is 41.2 Å². The number of ether oxygens (including phenoxy) is 1. The second-order valence-corrected chi connectivity index (χ2v) is 8.22. The molecule has 0 spiro atoms. The van der Waals surface area contributed by atoms with Crippen molar-refractivity contribution in [3.05, 3.63) is 71.0 Å². The van der Waals surface area contributed by atoms with Crippen LogP contribution in [0.2, 0.25) is 0 Å². The summed E-state index contributed by atoms with van der Waals surface area (Å²) in [5.74, 6) is 1.26. The van der Waals surface area contributed by atoms with Gasteiger partial charge in [0.15, 0.2) is 5.82 Å². The Morgan fingerprint density at radius 3 is 2.26 bits per heavy atom. The summed E-state index contributed by atoms with van der Waals surface area (Å²) in [5.41, 5.74) is 2.98. The molecule has 0 N–H and O–H groups in total. The van der Waals surface area contributed by atoms with E-state index in [1.807, 2.05) is 55.5 Å². The van der Waals surface area contributed by atoms with Crippen molar-refractivity contribution >= 4 is 34.4 Å². The van der Waals surface area contributed by atoms with Gasteiger partial charge in [0.25, 0.3) is 0 Å². The molecule has 31 heavy (non-hydrogen) atoms. The molecule has 158 valence electrons. The second kappa shape index (κ2) is 8.39. The predicted molar refractivity (Wildman–Crippen MR) is 121 cm³/mol. The molecule has 0 saturated heterocycles. The van der Waals surface area contributed by atoms with Crippen LogP contribution in [0.5, 0.6) is 5.75 Å². The maximum Gasteiger partial charge on any atom is 0.245 e. The lowest BCUT2D eigenvalue weighted by Crippen LogP contribution is -2.28. The Bertz CT molecular complexity index is 1180. The third-order valence-electron chi connectivity index (χ3n) is 4.91. The number of hydrazone groups is 1. The smallest absolute Gasteiger partial charge is 0.245 e. The minimum absolute atomic E-state index is 0.168. The number of thioether (sulfide) groups is 1. The quantitative estimate of drug-likeness (QED) is 0.613. The normalized spacial score (nSPS) is 12.9. The van der Waals surface area contributed by atoms with E-state index in [1.54, 1.807) is 11.7 Å². The molecular weight excluding hydrogens is 412 g/mol. The van der Waals surface area contributed by atoms with E-state index in [1.165, 1.54) is 30.6 Å². The molecular formula is C23H22N4O3S. The molecule has 0 aliphatic carbocycles. The number of aromatic nitrogens is 2. The van der Waals surface area contributed by atoms with Gasteiger partial charge in [0.05, 0.1) is 7.11 Å². The standard InChI is InChI=1S/C23H22N4O3S/c1-14-5-9-18(10-6-14)22-25-27(16(3)29)21-23(31-22)26(15(2)28)20(24-21)13-17-7-11-19(30-4)12-8-17/h5-12H,13H2,1-4H3. The number of hydrogen-bond acceptors (Lipinski definition) is 6. The minimum Gasteiger partial charge on any atom is -0.497 e. The lowest BCUT2D eigenvalue weighted by atomic mass is 10.1. The summed E-state index contributed by atoms with van der Waals surface area (Å²) in [6, 6.07) is 15.5. The third-order valence-corrected chi connectivity index (χ3v) is 5.97. The number of benzene rings is 2. The van der Waals surface area contributed by atoms with Gasteiger partial charge in [-0.1, -0.05) is 42.0 Å². The van der Waals surface area contributed by atoms with E-state index < -0.39 is 0 Å². The predicted octanol–water partition coefficient (Wildman–Crippen LogP) is 4.27. The SMILES string of the molecule is COc1ccc(Cc2nc3c(n2C(C)=O)SC(c2ccc(C)cc2)=NN3C(C)=O)cc1. The van der Waals surface area contributed by atoms with Crippen molar-refractivity contribution in [3.63, 3.8) is 0 Å². The minimum atomic E-state index is -0.268. The molecule has 7 nitrogen and oxygen atoms in total. The molecule has 0 bridgehead atoms. The number of anilines is 1. The first-order chi connectivity index (χ1) is 14.9. The Morgan fingerprint density at radius 2 is 1.68 bits per heavy atom. The van der Waals surface area contributed by atoms with Gasteiger partial charge in [-0.05, 0) is 36.4 Å². The molecule has 0 fully saturated rings. The lowest BCUT2D eigenvalue weighted by molar-refractivity contribution is -0.116. The third kappa shape index (κ3) is 4.11. The van der Waals surface area contributed by atoms with Crippen molar-refractivity contribution in [2.24, 2.45) is 5.10 Å². The summed E-state index contributed by atoms with van der Waals surface area (Å²) in [4.78, 5) is 29.6. The van der Waals surface area contributed by atoms with E-state index in [-0.39, 0.29) is 11.8 Å². The zero-order chi connectivity index (χ0) is 22.1. The highest BCUT2D eigenvalue weighted by atomic mass is 32.2. The number of carbonyl (C=O) groups excluding carboxylic acids is 2. The molecule has 2 heterocycles. The van der Waals surface area contributed by atoms with Crippen LogP contribution in [-0.2, 0) is 11.2 Å². The van der Waals surface area contributed by atoms with Crippen LogP contribution in [0.3, 0.4) is 0 Å². The first kappa shape index (κ1) is 20.9. The molecule has 0 atom stereocenters. The van der Waals surface area contributed by atoms with Crippen molar-refractivity contribution in [1.29, 1.82) is 0 Å². The average Bonchev–Trinajstić information content (AvgIpc) is 3.12. The van der Waals surface area contributed by atoms with Crippen LogP contribution in [0.15, 0.2) is 58.7 Å². The van der Waals surface area contributed by atoms with Crippen molar-refractivity contribution < 1.29 is 14.3 Å². The first-order valence-corrected chi connectivity index (χ1v) is 10.6. The van der Waals surface area contributed by atoms with Gasteiger partial charge >= 0.3 is 0 Å². The number of hydrogen-bond donors (Lipinski definition) is 0. The maximum atomic E-state index is 12.6. The molecule has 0 unspecified atom stereocenters. The molecule has 8 heteroatoms. The van der Waals surface area contributed by atoms with Gasteiger partial charge in [-0.2, -0.15) is 10.1 Å². The van der Waals surface area contributed by atoms with Crippen molar-refractivity contribution in [1.82, 2.24) is 9.55 Å². The van der Waals surface area contributed by atoms with Crippen LogP contribution in [0.25, 0.3) is 0 Å². The van der Waals surface area contributed by atoms with Gasteiger partial charge in [-0.3, -0.25) is 14.2 Å². The van der Waals surface area contributed by atoms with Gasteiger partial charge in [0, 0.05) is 25.8 Å². The molecule has 2 aromatic carbocycles. The molecule has 1 aliphatic heterocycles. The number of fused-ring (bicyclic) bond motifs is 1. The molecule has 1 aliphatic rings. The van der Waals surface area contributed by atoms with Crippen LogP contribution in [0, 0.1) is 6.92 Å². The molecule has 1 amide bonds. The monoisotopic (exact) mass is 434 g/mol. The zero-order valence-corrected chi connectivity index (χ0v) is 18.6. The van der Waals surface area contributed by atoms with E-state index in [0.29, 0.717) is 28.1 Å². The first-order valence-electron chi connectivity index (χ1n) is 9.77. The van der Waals surface area contributed by atoms with E-state index in [0.717, 1.165) is 22.4 Å². The second-order valence-electron chi connectivity index (χ2n) is 7.24. The number of carbonyl (C=O) groups is 2. The lowest BCUT2D eigenvalue weighted by Gasteiger charge is -2.21. The highest BCUT2D eigenvalue weighted by molar-refractivity contribution is 8.14. The van der Waals surface area contributed by atoms with Crippen molar-refractivity contribution in [2.75, 3.05) is 12.1 Å². The average molecular weight is 435 g/mol. The summed E-state index contributed by atoms with van der Waals surface area (Å²) in [5, 5.41) is 7.04. The van der Waals surface area contributed by atoms with Crippen molar-refractivity contribution in [3.8, 4) is 5.75 Å². The molecule has 0 radical (unpaired) electrons. The Hall–Kier alpha value is -3.39. The fourth-order valence-electron chi connectivity index (χ4n) is 3.32. The summed E-state index contributed by atoms with van der Waals surface area (Å²) in [7, 11) is 1.62. The van der Waals surface area contributed by atoms with E-state index in [9.17, 15) is 9.59 Å². The Labute approximate surface area is 184 Å². The molecule has 1 aromatic heterocycles. The number of amides is 1. The topological polar surface area (TPSA) is 76.8 Å². The van der Waals surface area contributed by atoms with Crippen LogP contribution >= 0.6 is 11.8 Å². The number of nitrogens with zero attached hydrogens (tertiary/aromatic N) is 4. The number of imidazole rings is 1. The number of methoxy groups -OCH3 is 1. The van der Waals surface area contributed by atoms with Crippen molar-refractivity contribution in [2.45, 2.75) is 32.2 Å². The summed E-state index contributed by atoms with van der Waals surface area (Å²) < 4.78 is 6.78. The summed E-state index contributed by atoms with van der Waals surface area (Å²) in [6.45, 7) is 4.94. The van der Waals surface area contributed by atoms with E-state index in [4.69, 9.17) is 4.74 Å². The fraction of sp³-hybridized carbons (Fsp3) is 0.217. The molecule has 0 saturated carbocycles. The zero-order valence-electron chi connectivity index (χ0n) is 17.7. The summed E-state index contributed by atoms with van der Waals surface area (Å²) >= 11 is 1.35. The van der Waals surface area contributed by atoms with Crippen LogP contribution < -0.4 is 9.75 Å². The Morgan fingerprint density at radius 1 is 1.00 bits per heavy atom. The number of aryl methyl sites for hydroxylation is 1. The van der Waals surface area contributed by atoms with Crippen LogP contribution in [0.4, 0.5) is 5.82 Å². The van der Waals surface area contributed by atoms with Gasteiger partial charge in [0.1, 0.15) is 21.6 Å². The molecule has 3 aromatic rings. The fourth-order valence-corrected chi connectivity index (χ4v) is 4.43. The Kier molecular flexibility index (Phi) is 5.65. The maximum absolute atomic E-state index is 12.6.